The number of nitrogens with zero attached hydrogens (tertiary/aromatic N) is 1. The predicted molar refractivity (Wildman–Crippen MR) is 110 cm³/mol. The highest BCUT2D eigenvalue weighted by Crippen LogP contribution is 2.15. The Morgan fingerprint density at radius 3 is 2.00 bits per heavy atom. The summed E-state index contributed by atoms with van der Waals surface area (Å²) in [6, 6.07) is 0. The molecule has 0 aliphatic carbocycles. The number of likely N-dealkylation sites (tertiary alicyclic amines) is 1. The van der Waals surface area contributed by atoms with Gasteiger partial charge in [-0.1, -0.05) is 69.9 Å². The fourth-order valence-corrected chi connectivity index (χ4v) is 3.71. The van der Waals surface area contributed by atoms with Crippen molar-refractivity contribution in [1.29, 1.82) is 0 Å². The highest BCUT2D eigenvalue weighted by Gasteiger charge is 2.16. The fraction of sp³-hybridized carbons (Fsp3) is 0.870. The summed E-state index contributed by atoms with van der Waals surface area (Å²) in [6.45, 7) is 6.55. The largest absolute Gasteiger partial charge is 0.343 e. The van der Waals surface area contributed by atoms with Gasteiger partial charge in [0.05, 0.1) is 0 Å². The Bertz CT molecular complexity index is 355. The van der Waals surface area contributed by atoms with E-state index in [1.165, 1.54) is 77.0 Å². The molecule has 0 bridgehead atoms. The van der Waals surface area contributed by atoms with E-state index in [-0.39, 0.29) is 0 Å². The lowest BCUT2D eigenvalue weighted by molar-refractivity contribution is -0.130. The lowest BCUT2D eigenvalue weighted by Crippen LogP contribution is -2.27. The second-order valence-electron chi connectivity index (χ2n) is 7.96. The minimum Gasteiger partial charge on any atom is -0.343 e. The summed E-state index contributed by atoms with van der Waals surface area (Å²) in [4.78, 5) is 14.0. The van der Waals surface area contributed by atoms with Crippen LogP contribution in [-0.2, 0) is 4.79 Å². The fourth-order valence-electron chi connectivity index (χ4n) is 3.71. The van der Waals surface area contributed by atoms with E-state index in [1.54, 1.807) is 5.57 Å². The van der Waals surface area contributed by atoms with Crippen LogP contribution in [0.15, 0.2) is 11.6 Å². The van der Waals surface area contributed by atoms with Gasteiger partial charge in [-0.05, 0) is 51.9 Å². The smallest absolute Gasteiger partial charge is 0.222 e. The van der Waals surface area contributed by atoms with E-state index in [2.05, 4.69) is 19.9 Å². The first-order valence-corrected chi connectivity index (χ1v) is 11.2. The van der Waals surface area contributed by atoms with Crippen molar-refractivity contribution in [3.63, 3.8) is 0 Å². The van der Waals surface area contributed by atoms with Crippen molar-refractivity contribution in [3.8, 4) is 0 Å². The van der Waals surface area contributed by atoms with Gasteiger partial charge in [-0.2, -0.15) is 0 Å². The van der Waals surface area contributed by atoms with Crippen LogP contribution in [0.3, 0.4) is 0 Å². The van der Waals surface area contributed by atoms with Crippen LogP contribution >= 0.6 is 0 Å². The van der Waals surface area contributed by atoms with Gasteiger partial charge in [-0.15, -0.1) is 0 Å². The van der Waals surface area contributed by atoms with Gasteiger partial charge in [0, 0.05) is 19.5 Å². The molecule has 1 aliphatic rings. The van der Waals surface area contributed by atoms with Crippen molar-refractivity contribution in [2.45, 2.75) is 117 Å². The average Bonchev–Trinajstić information content (AvgIpc) is 3.14. The summed E-state index contributed by atoms with van der Waals surface area (Å²) < 4.78 is 0. The second kappa shape index (κ2) is 15.5. The maximum Gasteiger partial charge on any atom is 0.222 e. The second-order valence-corrected chi connectivity index (χ2v) is 7.96. The molecule has 0 unspecified atom stereocenters. The zero-order chi connectivity index (χ0) is 18.2. The topological polar surface area (TPSA) is 20.3 Å². The summed E-state index contributed by atoms with van der Waals surface area (Å²) >= 11 is 0. The van der Waals surface area contributed by atoms with Crippen molar-refractivity contribution in [1.82, 2.24) is 4.90 Å². The van der Waals surface area contributed by atoms with Crippen molar-refractivity contribution in [2.75, 3.05) is 13.1 Å². The average molecular weight is 350 g/mol. The Kier molecular flexibility index (Phi) is 13.8. The molecule has 0 aromatic rings. The molecule has 1 rings (SSSR count). The van der Waals surface area contributed by atoms with Crippen molar-refractivity contribution in [3.05, 3.63) is 11.6 Å². The van der Waals surface area contributed by atoms with Gasteiger partial charge in [0.1, 0.15) is 0 Å². The SMILES string of the molecule is CCCCCCCCCCC/C(C)=C\CCCCC(=O)N1CCCC1. The molecular formula is C23H43NO. The van der Waals surface area contributed by atoms with E-state index in [9.17, 15) is 4.79 Å². The van der Waals surface area contributed by atoms with Gasteiger partial charge in [-0.3, -0.25) is 4.79 Å². The molecule has 0 N–H and O–H groups in total. The number of hydrogen-bond donors (Lipinski definition) is 0. The van der Waals surface area contributed by atoms with E-state index in [0.717, 1.165) is 38.8 Å². The van der Waals surface area contributed by atoms with Gasteiger partial charge in [0.15, 0.2) is 0 Å². The normalized spacial score (nSPS) is 15.1. The third kappa shape index (κ3) is 12.2. The van der Waals surface area contributed by atoms with Crippen molar-refractivity contribution < 1.29 is 4.79 Å². The van der Waals surface area contributed by atoms with Crippen LogP contribution in [0.1, 0.15) is 117 Å². The van der Waals surface area contributed by atoms with E-state index < -0.39 is 0 Å². The molecule has 1 aliphatic heterocycles. The molecule has 0 saturated carbocycles. The summed E-state index contributed by atoms with van der Waals surface area (Å²) in [5.41, 5.74) is 1.55. The molecule has 1 fully saturated rings. The minimum absolute atomic E-state index is 0.382. The van der Waals surface area contributed by atoms with Gasteiger partial charge in [-0.25, -0.2) is 0 Å². The zero-order valence-corrected chi connectivity index (χ0v) is 17.2. The summed E-state index contributed by atoms with van der Waals surface area (Å²) in [5, 5.41) is 0. The number of unbranched alkanes of at least 4 members (excludes halogenated alkanes) is 10. The number of carbonyl (C=O) groups is 1. The summed E-state index contributed by atoms with van der Waals surface area (Å²) in [5.74, 6) is 0.382. The Labute approximate surface area is 157 Å². The molecule has 0 radical (unpaired) electrons. The Morgan fingerprint density at radius 1 is 0.800 bits per heavy atom. The lowest BCUT2D eigenvalue weighted by Gasteiger charge is -2.14. The number of hydrogen-bond acceptors (Lipinski definition) is 1. The first-order chi connectivity index (χ1) is 12.2. The highest BCUT2D eigenvalue weighted by molar-refractivity contribution is 5.76. The predicted octanol–water partition coefficient (Wildman–Crippen LogP) is 7.04. The van der Waals surface area contributed by atoms with Crippen LogP contribution in [0.25, 0.3) is 0 Å². The lowest BCUT2D eigenvalue weighted by atomic mass is 10.0. The summed E-state index contributed by atoms with van der Waals surface area (Å²) in [7, 11) is 0. The van der Waals surface area contributed by atoms with E-state index >= 15 is 0 Å². The van der Waals surface area contributed by atoms with Gasteiger partial charge in [0.25, 0.3) is 0 Å². The quantitative estimate of drug-likeness (QED) is 0.229. The Morgan fingerprint density at radius 2 is 1.36 bits per heavy atom. The maximum absolute atomic E-state index is 12.0. The number of amides is 1. The van der Waals surface area contributed by atoms with Crippen molar-refractivity contribution in [2.24, 2.45) is 0 Å². The molecular weight excluding hydrogens is 306 g/mol. The molecule has 2 nitrogen and oxygen atoms in total. The molecule has 2 heteroatoms. The molecule has 1 saturated heterocycles. The molecule has 1 heterocycles. The Hall–Kier alpha value is -0.790. The third-order valence-electron chi connectivity index (χ3n) is 5.47. The van der Waals surface area contributed by atoms with Gasteiger partial charge >= 0.3 is 0 Å². The molecule has 25 heavy (non-hydrogen) atoms. The van der Waals surface area contributed by atoms with Gasteiger partial charge in [0.2, 0.25) is 5.91 Å². The first kappa shape index (κ1) is 22.3. The minimum atomic E-state index is 0.382. The van der Waals surface area contributed by atoms with Crippen LogP contribution in [0.2, 0.25) is 0 Å². The standard InChI is InChI=1S/C23H43NO/c1-3-4-5-6-7-8-9-10-12-17-22(2)18-13-11-14-19-23(25)24-20-15-16-21-24/h18H,3-17,19-21H2,1-2H3/b22-18-. The first-order valence-electron chi connectivity index (χ1n) is 11.2. The van der Waals surface area contributed by atoms with Crippen molar-refractivity contribution >= 4 is 5.91 Å². The number of carbonyl (C=O) groups excluding carboxylic acids is 1. The van der Waals surface area contributed by atoms with Gasteiger partial charge < -0.3 is 4.90 Å². The molecule has 0 aromatic heterocycles. The van der Waals surface area contributed by atoms with Crippen LogP contribution < -0.4 is 0 Å². The van der Waals surface area contributed by atoms with E-state index in [1.807, 2.05) is 4.90 Å². The van der Waals surface area contributed by atoms with Crippen LogP contribution in [0, 0.1) is 0 Å². The monoisotopic (exact) mass is 349 g/mol. The van der Waals surface area contributed by atoms with E-state index in [0.29, 0.717) is 5.91 Å². The molecule has 0 aromatic carbocycles. The van der Waals surface area contributed by atoms with E-state index in [4.69, 9.17) is 0 Å². The van der Waals surface area contributed by atoms with Crippen LogP contribution in [0.4, 0.5) is 0 Å². The Balaban J connectivity index is 1.88. The molecule has 146 valence electrons. The molecule has 0 spiro atoms. The highest BCUT2D eigenvalue weighted by atomic mass is 16.2. The van der Waals surface area contributed by atoms with Crippen LogP contribution in [-0.4, -0.2) is 23.9 Å². The van der Waals surface area contributed by atoms with Crippen LogP contribution in [0.5, 0.6) is 0 Å². The maximum atomic E-state index is 12.0. The number of allylic oxidation sites excluding steroid dienone is 2. The zero-order valence-electron chi connectivity index (χ0n) is 17.2. The molecule has 1 amide bonds. The number of rotatable bonds is 15. The third-order valence-corrected chi connectivity index (χ3v) is 5.47. The molecule has 0 atom stereocenters. The summed E-state index contributed by atoms with van der Waals surface area (Å²) in [6.07, 6.45) is 22.8.